The van der Waals surface area contributed by atoms with E-state index < -0.39 is 0 Å². The van der Waals surface area contributed by atoms with Crippen LogP contribution in [0, 0.1) is 0 Å². The average molecular weight is 187 g/mol. The minimum absolute atomic E-state index is 0.131. The number of ketones is 1. The molecule has 1 N–H and O–H groups in total. The van der Waals surface area contributed by atoms with E-state index in [-0.39, 0.29) is 24.2 Å². The summed E-state index contributed by atoms with van der Waals surface area (Å²) in [5.41, 5.74) is 0. The summed E-state index contributed by atoms with van der Waals surface area (Å²) in [5.74, 6) is -0.143. The lowest BCUT2D eigenvalue weighted by Crippen LogP contribution is -2.34. The molecule has 0 aromatic heterocycles. The highest BCUT2D eigenvalue weighted by Crippen LogP contribution is 2.01. The van der Waals surface area contributed by atoms with Crippen molar-refractivity contribution in [3.63, 3.8) is 0 Å². The van der Waals surface area contributed by atoms with E-state index in [1.807, 2.05) is 6.92 Å². The van der Waals surface area contributed by atoms with E-state index in [1.54, 1.807) is 7.05 Å². The van der Waals surface area contributed by atoms with Crippen LogP contribution in [0.2, 0.25) is 0 Å². The van der Waals surface area contributed by atoms with Gasteiger partial charge in [0.05, 0.1) is 13.2 Å². The van der Waals surface area contributed by atoms with E-state index in [2.05, 4.69) is 10.1 Å². The van der Waals surface area contributed by atoms with Crippen LogP contribution in [-0.4, -0.2) is 32.0 Å². The van der Waals surface area contributed by atoms with E-state index in [0.29, 0.717) is 12.8 Å². The van der Waals surface area contributed by atoms with Gasteiger partial charge in [-0.3, -0.25) is 9.59 Å². The van der Waals surface area contributed by atoms with Crippen LogP contribution in [0.25, 0.3) is 0 Å². The summed E-state index contributed by atoms with van der Waals surface area (Å²) in [6.07, 6.45) is 1.29. The first-order valence-corrected chi connectivity index (χ1v) is 4.42. The summed E-state index contributed by atoms with van der Waals surface area (Å²) in [7, 11) is 3.06. The second kappa shape index (κ2) is 6.60. The number of carbonyl (C=O) groups is 2. The predicted octanol–water partition coefficient (Wildman–Crippen LogP) is 0.507. The lowest BCUT2D eigenvalue weighted by Gasteiger charge is -2.12. The smallest absolute Gasteiger partial charge is 0.305 e. The molecule has 0 unspecified atom stereocenters. The van der Waals surface area contributed by atoms with Crippen LogP contribution in [0.1, 0.15) is 26.2 Å². The molecule has 0 aliphatic carbocycles. The standard InChI is InChI=1S/C9H17NO3/c1-4-8(11)7(10-2)5-6-9(12)13-3/h7,10H,4-6H2,1-3H3/t7-/m0/s1. The van der Waals surface area contributed by atoms with Crippen molar-refractivity contribution in [2.75, 3.05) is 14.2 Å². The number of methoxy groups -OCH3 is 1. The molecule has 0 amide bonds. The SMILES string of the molecule is CCC(=O)[C@H](CCC(=O)OC)NC. The van der Waals surface area contributed by atoms with Crippen LogP contribution in [0.4, 0.5) is 0 Å². The molecule has 1 atom stereocenters. The number of ether oxygens (including phenoxy) is 1. The number of rotatable bonds is 6. The Kier molecular flexibility index (Phi) is 6.14. The van der Waals surface area contributed by atoms with Gasteiger partial charge in [0, 0.05) is 12.8 Å². The lowest BCUT2D eigenvalue weighted by molar-refractivity contribution is -0.140. The molecular formula is C9H17NO3. The molecule has 0 fully saturated rings. The summed E-state index contributed by atoms with van der Waals surface area (Å²) in [6, 6.07) is -0.218. The van der Waals surface area contributed by atoms with Gasteiger partial charge in [0.25, 0.3) is 0 Å². The first-order valence-electron chi connectivity index (χ1n) is 4.42. The summed E-state index contributed by atoms with van der Waals surface area (Å²) >= 11 is 0. The van der Waals surface area contributed by atoms with Gasteiger partial charge in [0.1, 0.15) is 5.78 Å². The predicted molar refractivity (Wildman–Crippen MR) is 49.4 cm³/mol. The molecule has 76 valence electrons. The van der Waals surface area contributed by atoms with Gasteiger partial charge < -0.3 is 10.1 Å². The van der Waals surface area contributed by atoms with Gasteiger partial charge in [0.2, 0.25) is 0 Å². The Morgan fingerprint density at radius 1 is 1.46 bits per heavy atom. The quantitative estimate of drug-likeness (QED) is 0.615. The molecule has 0 aliphatic heterocycles. The van der Waals surface area contributed by atoms with Crippen molar-refractivity contribution in [2.45, 2.75) is 32.2 Å². The van der Waals surface area contributed by atoms with E-state index in [1.165, 1.54) is 7.11 Å². The number of carbonyl (C=O) groups excluding carboxylic acids is 2. The first kappa shape index (κ1) is 12.1. The molecule has 0 saturated carbocycles. The highest BCUT2D eigenvalue weighted by molar-refractivity contribution is 5.84. The summed E-state index contributed by atoms with van der Waals surface area (Å²) < 4.78 is 4.48. The van der Waals surface area contributed by atoms with Gasteiger partial charge in [0.15, 0.2) is 0 Å². The molecule has 0 rings (SSSR count). The summed E-state index contributed by atoms with van der Waals surface area (Å²) in [6.45, 7) is 1.81. The maximum atomic E-state index is 11.2. The Hall–Kier alpha value is -0.900. The molecule has 0 aliphatic rings. The van der Waals surface area contributed by atoms with Crippen molar-refractivity contribution in [1.82, 2.24) is 5.32 Å². The molecule has 0 heterocycles. The zero-order valence-electron chi connectivity index (χ0n) is 8.42. The van der Waals surface area contributed by atoms with E-state index >= 15 is 0 Å². The third-order valence-corrected chi connectivity index (χ3v) is 1.95. The van der Waals surface area contributed by atoms with E-state index in [0.717, 1.165) is 0 Å². The fraction of sp³-hybridized carbons (Fsp3) is 0.778. The fourth-order valence-electron chi connectivity index (χ4n) is 1.08. The van der Waals surface area contributed by atoms with Crippen LogP contribution in [0.5, 0.6) is 0 Å². The van der Waals surface area contributed by atoms with Crippen molar-refractivity contribution in [3.05, 3.63) is 0 Å². The minimum Gasteiger partial charge on any atom is -0.469 e. The number of nitrogens with one attached hydrogen (secondary N) is 1. The first-order chi connectivity index (χ1) is 6.15. The maximum Gasteiger partial charge on any atom is 0.305 e. The summed E-state index contributed by atoms with van der Waals surface area (Å²) in [4.78, 5) is 22.0. The van der Waals surface area contributed by atoms with Gasteiger partial charge in [-0.2, -0.15) is 0 Å². The number of hydrogen-bond acceptors (Lipinski definition) is 4. The minimum atomic E-state index is -0.274. The van der Waals surface area contributed by atoms with Gasteiger partial charge in [-0.15, -0.1) is 0 Å². The molecule has 4 nitrogen and oxygen atoms in total. The highest BCUT2D eigenvalue weighted by atomic mass is 16.5. The number of esters is 1. The largest absolute Gasteiger partial charge is 0.469 e. The fourth-order valence-corrected chi connectivity index (χ4v) is 1.08. The molecule has 13 heavy (non-hydrogen) atoms. The maximum absolute atomic E-state index is 11.2. The van der Waals surface area contributed by atoms with E-state index in [4.69, 9.17) is 0 Å². The Balaban J connectivity index is 3.85. The van der Waals surface area contributed by atoms with Crippen LogP contribution in [-0.2, 0) is 14.3 Å². The van der Waals surface area contributed by atoms with Crippen molar-refractivity contribution in [2.24, 2.45) is 0 Å². The molecule has 0 aromatic carbocycles. The van der Waals surface area contributed by atoms with Crippen LogP contribution in [0.3, 0.4) is 0 Å². The van der Waals surface area contributed by atoms with Gasteiger partial charge in [-0.1, -0.05) is 6.92 Å². The van der Waals surface area contributed by atoms with Gasteiger partial charge >= 0.3 is 5.97 Å². The lowest BCUT2D eigenvalue weighted by atomic mass is 10.1. The van der Waals surface area contributed by atoms with Crippen molar-refractivity contribution >= 4 is 11.8 Å². The number of hydrogen-bond donors (Lipinski definition) is 1. The molecule has 0 bridgehead atoms. The monoisotopic (exact) mass is 187 g/mol. The Labute approximate surface area is 78.6 Å². The highest BCUT2D eigenvalue weighted by Gasteiger charge is 2.15. The van der Waals surface area contributed by atoms with Crippen molar-refractivity contribution < 1.29 is 14.3 Å². The van der Waals surface area contributed by atoms with Crippen LogP contribution < -0.4 is 5.32 Å². The van der Waals surface area contributed by atoms with Crippen LogP contribution >= 0.6 is 0 Å². The second-order valence-electron chi connectivity index (χ2n) is 2.78. The molecule has 4 heteroatoms. The van der Waals surface area contributed by atoms with Crippen molar-refractivity contribution in [1.29, 1.82) is 0 Å². The molecule has 0 radical (unpaired) electrons. The number of likely N-dealkylation sites (N-methyl/N-ethyl adjacent to an activating group) is 1. The third-order valence-electron chi connectivity index (χ3n) is 1.95. The molecule has 0 aromatic rings. The van der Waals surface area contributed by atoms with Crippen molar-refractivity contribution in [3.8, 4) is 0 Å². The van der Waals surface area contributed by atoms with Crippen LogP contribution in [0.15, 0.2) is 0 Å². The molecule has 0 spiro atoms. The second-order valence-corrected chi connectivity index (χ2v) is 2.78. The Morgan fingerprint density at radius 2 is 2.08 bits per heavy atom. The third kappa shape index (κ3) is 4.62. The van der Waals surface area contributed by atoms with E-state index in [9.17, 15) is 9.59 Å². The van der Waals surface area contributed by atoms with Gasteiger partial charge in [-0.05, 0) is 13.5 Å². The normalized spacial score (nSPS) is 12.2. The Morgan fingerprint density at radius 3 is 2.46 bits per heavy atom. The Bertz CT molecular complexity index is 180. The molecule has 0 saturated heterocycles. The molecular weight excluding hydrogens is 170 g/mol. The summed E-state index contributed by atoms with van der Waals surface area (Å²) in [5, 5.41) is 2.87. The topological polar surface area (TPSA) is 55.4 Å². The number of Topliss-reactive ketones (excluding diaryl/α,β-unsaturated/α-hetero) is 1. The van der Waals surface area contributed by atoms with Gasteiger partial charge in [-0.25, -0.2) is 0 Å². The average Bonchev–Trinajstić information content (AvgIpc) is 2.17. The zero-order chi connectivity index (χ0) is 10.3. The zero-order valence-corrected chi connectivity index (χ0v) is 8.42.